The van der Waals surface area contributed by atoms with E-state index in [1.165, 1.54) is 12.0 Å². The standard InChI is InChI=1S/C29H33ClN2O6/c30-21-6-9-25-24(12-21)23-10-11-32(28(34)37-13-19-2-1-3-19)27(26(23)31-25)20-4-7-22(8-5-20)38-17-29(14-33)15-35-18-36-16-29/h4-9,12,19,27,31,33H,1-3,10-11,13-18H2. The van der Waals surface area contributed by atoms with Gasteiger partial charge in [0, 0.05) is 28.2 Å². The lowest BCUT2D eigenvalue weighted by Crippen LogP contribution is -2.45. The molecule has 2 aromatic carbocycles. The Labute approximate surface area is 226 Å². The zero-order valence-corrected chi connectivity index (χ0v) is 22.0. The van der Waals surface area contributed by atoms with Crippen molar-refractivity contribution in [3.05, 3.63) is 64.3 Å². The fraction of sp³-hybridized carbons (Fsp3) is 0.483. The van der Waals surface area contributed by atoms with Gasteiger partial charge in [-0.05, 0) is 66.6 Å². The van der Waals surface area contributed by atoms with Gasteiger partial charge in [0.15, 0.2) is 0 Å². The highest BCUT2D eigenvalue weighted by Crippen LogP contribution is 2.40. The Morgan fingerprint density at radius 1 is 1.16 bits per heavy atom. The number of aromatic amines is 1. The summed E-state index contributed by atoms with van der Waals surface area (Å²) in [6.45, 7) is 2.22. The third kappa shape index (κ3) is 4.98. The number of halogens is 1. The average molecular weight is 541 g/mol. The van der Waals surface area contributed by atoms with Gasteiger partial charge in [-0.1, -0.05) is 30.2 Å². The Bertz CT molecular complexity index is 1280. The molecule has 1 unspecified atom stereocenters. The summed E-state index contributed by atoms with van der Waals surface area (Å²) in [5.41, 5.74) is 3.54. The van der Waals surface area contributed by atoms with Crippen molar-refractivity contribution in [1.82, 2.24) is 9.88 Å². The van der Waals surface area contributed by atoms with Gasteiger partial charge in [-0.3, -0.25) is 4.90 Å². The summed E-state index contributed by atoms with van der Waals surface area (Å²) >= 11 is 6.32. The van der Waals surface area contributed by atoms with E-state index in [0.717, 1.165) is 41.4 Å². The Kier molecular flexibility index (Phi) is 7.22. The van der Waals surface area contributed by atoms with Crippen LogP contribution in [0.1, 0.15) is 42.1 Å². The lowest BCUT2D eigenvalue weighted by Gasteiger charge is -2.36. The van der Waals surface area contributed by atoms with Crippen LogP contribution in [-0.4, -0.2) is 67.5 Å². The molecule has 2 fully saturated rings. The first-order chi connectivity index (χ1) is 18.5. The van der Waals surface area contributed by atoms with Crippen LogP contribution in [0.4, 0.5) is 4.79 Å². The predicted octanol–water partition coefficient (Wildman–Crippen LogP) is 5.07. The highest BCUT2D eigenvalue weighted by atomic mass is 35.5. The topological polar surface area (TPSA) is 93.3 Å². The molecule has 38 heavy (non-hydrogen) atoms. The molecule has 9 heteroatoms. The van der Waals surface area contributed by atoms with Crippen LogP contribution >= 0.6 is 11.6 Å². The molecule has 1 saturated carbocycles. The number of carbonyl (C=O) groups excluding carboxylic acids is 1. The molecule has 3 heterocycles. The summed E-state index contributed by atoms with van der Waals surface area (Å²) < 4.78 is 22.6. The van der Waals surface area contributed by atoms with Crippen LogP contribution in [0.15, 0.2) is 42.5 Å². The minimum atomic E-state index is -0.582. The number of rotatable bonds is 7. The molecule has 2 aliphatic heterocycles. The molecule has 1 aromatic heterocycles. The zero-order valence-electron chi connectivity index (χ0n) is 21.3. The van der Waals surface area contributed by atoms with Crippen molar-refractivity contribution in [2.75, 3.05) is 46.4 Å². The molecular formula is C29H33ClN2O6. The average Bonchev–Trinajstić information content (AvgIpc) is 3.29. The summed E-state index contributed by atoms with van der Waals surface area (Å²) in [6.07, 6.45) is 3.90. The largest absolute Gasteiger partial charge is 0.493 e. The van der Waals surface area contributed by atoms with E-state index in [2.05, 4.69) is 4.98 Å². The van der Waals surface area contributed by atoms with Crippen LogP contribution < -0.4 is 4.74 Å². The number of carbonyl (C=O) groups is 1. The lowest BCUT2D eigenvalue weighted by atomic mass is 9.86. The number of aromatic nitrogens is 1. The summed E-state index contributed by atoms with van der Waals surface area (Å²) in [5, 5.41) is 11.7. The van der Waals surface area contributed by atoms with Gasteiger partial charge in [-0.15, -0.1) is 0 Å². The zero-order chi connectivity index (χ0) is 26.1. The molecule has 0 bridgehead atoms. The van der Waals surface area contributed by atoms with E-state index in [0.29, 0.717) is 43.1 Å². The molecule has 1 amide bonds. The minimum Gasteiger partial charge on any atom is -0.493 e. The fourth-order valence-electron chi connectivity index (χ4n) is 5.56. The van der Waals surface area contributed by atoms with Crippen molar-refractivity contribution in [1.29, 1.82) is 0 Å². The first-order valence-electron chi connectivity index (χ1n) is 13.3. The highest BCUT2D eigenvalue weighted by molar-refractivity contribution is 6.31. The maximum Gasteiger partial charge on any atom is 0.410 e. The number of ether oxygens (including phenoxy) is 4. The predicted molar refractivity (Wildman–Crippen MR) is 142 cm³/mol. The van der Waals surface area contributed by atoms with E-state index in [-0.39, 0.29) is 32.1 Å². The van der Waals surface area contributed by atoms with Gasteiger partial charge in [-0.25, -0.2) is 4.79 Å². The van der Waals surface area contributed by atoms with E-state index in [4.69, 9.17) is 30.5 Å². The molecule has 1 aliphatic carbocycles. The molecule has 0 spiro atoms. The van der Waals surface area contributed by atoms with Crippen molar-refractivity contribution in [3.63, 3.8) is 0 Å². The first-order valence-corrected chi connectivity index (χ1v) is 13.7. The summed E-state index contributed by atoms with van der Waals surface area (Å²) in [4.78, 5) is 18.7. The molecule has 8 nitrogen and oxygen atoms in total. The van der Waals surface area contributed by atoms with Crippen molar-refractivity contribution in [2.45, 2.75) is 31.7 Å². The Balaban J connectivity index is 1.27. The number of fused-ring (bicyclic) bond motifs is 3. The SMILES string of the molecule is O=C(OCC1CCC1)N1CCc2c([nH]c3ccc(Cl)cc23)C1c1ccc(OCC2(CO)COCOC2)cc1. The summed E-state index contributed by atoms with van der Waals surface area (Å²) in [5.74, 6) is 1.15. The van der Waals surface area contributed by atoms with Gasteiger partial charge in [0.25, 0.3) is 0 Å². The number of aliphatic hydroxyl groups is 1. The second-order valence-electron chi connectivity index (χ2n) is 10.8. The number of nitrogens with one attached hydrogen (secondary N) is 1. The number of hydrogen-bond donors (Lipinski definition) is 2. The second-order valence-corrected chi connectivity index (χ2v) is 11.2. The first kappa shape index (κ1) is 25.5. The number of benzene rings is 2. The molecule has 0 radical (unpaired) electrons. The quantitative estimate of drug-likeness (QED) is 0.435. The van der Waals surface area contributed by atoms with Gasteiger partial charge < -0.3 is 29.0 Å². The Morgan fingerprint density at radius 3 is 2.66 bits per heavy atom. The van der Waals surface area contributed by atoms with Crippen LogP contribution in [0.2, 0.25) is 5.02 Å². The molecule has 202 valence electrons. The summed E-state index contributed by atoms with van der Waals surface area (Å²) in [7, 11) is 0. The number of hydrogen-bond acceptors (Lipinski definition) is 6. The smallest absolute Gasteiger partial charge is 0.410 e. The van der Waals surface area contributed by atoms with Gasteiger partial charge >= 0.3 is 6.09 Å². The number of H-pyrrole nitrogens is 1. The maximum absolute atomic E-state index is 13.3. The van der Waals surface area contributed by atoms with E-state index < -0.39 is 5.41 Å². The van der Waals surface area contributed by atoms with Crippen molar-refractivity contribution in [3.8, 4) is 5.75 Å². The fourth-order valence-corrected chi connectivity index (χ4v) is 5.73. The maximum atomic E-state index is 13.3. The lowest BCUT2D eigenvalue weighted by molar-refractivity contribution is -0.184. The Hall–Kier alpha value is -2.78. The third-order valence-electron chi connectivity index (χ3n) is 8.05. The van der Waals surface area contributed by atoms with E-state index in [9.17, 15) is 9.90 Å². The highest BCUT2D eigenvalue weighted by Gasteiger charge is 2.37. The molecule has 1 atom stereocenters. The Morgan fingerprint density at radius 2 is 1.95 bits per heavy atom. The molecule has 3 aromatic rings. The van der Waals surface area contributed by atoms with Gasteiger partial charge in [0.05, 0.1) is 31.8 Å². The van der Waals surface area contributed by atoms with Crippen LogP contribution in [0.25, 0.3) is 10.9 Å². The van der Waals surface area contributed by atoms with E-state index in [1.807, 2.05) is 47.4 Å². The third-order valence-corrected chi connectivity index (χ3v) is 8.29. The van der Waals surface area contributed by atoms with Crippen molar-refractivity contribution >= 4 is 28.6 Å². The van der Waals surface area contributed by atoms with Gasteiger partial charge in [0.1, 0.15) is 25.2 Å². The normalized spacial score (nSPS) is 21.1. The van der Waals surface area contributed by atoms with Crippen molar-refractivity contribution < 1.29 is 28.8 Å². The number of amides is 1. The molecular weight excluding hydrogens is 508 g/mol. The van der Waals surface area contributed by atoms with E-state index >= 15 is 0 Å². The monoisotopic (exact) mass is 540 g/mol. The van der Waals surface area contributed by atoms with Gasteiger partial charge in [-0.2, -0.15) is 0 Å². The van der Waals surface area contributed by atoms with Crippen molar-refractivity contribution in [2.24, 2.45) is 11.3 Å². The second kappa shape index (κ2) is 10.8. The van der Waals surface area contributed by atoms with Gasteiger partial charge in [0.2, 0.25) is 0 Å². The van der Waals surface area contributed by atoms with Crippen LogP contribution in [0, 0.1) is 11.3 Å². The minimum absolute atomic E-state index is 0.0851. The van der Waals surface area contributed by atoms with Crippen LogP contribution in [0.3, 0.4) is 0 Å². The molecule has 6 rings (SSSR count). The molecule has 3 aliphatic rings. The summed E-state index contributed by atoms with van der Waals surface area (Å²) in [6, 6.07) is 13.3. The van der Waals surface area contributed by atoms with Crippen LogP contribution in [0.5, 0.6) is 5.75 Å². The number of aliphatic hydroxyl groups excluding tert-OH is 1. The van der Waals surface area contributed by atoms with E-state index in [1.54, 1.807) is 0 Å². The molecule has 2 N–H and O–H groups in total. The molecule has 1 saturated heterocycles. The number of nitrogens with zero attached hydrogens (tertiary/aromatic N) is 1. The van der Waals surface area contributed by atoms with Crippen LogP contribution in [-0.2, 0) is 20.6 Å².